The molecule has 26 heavy (non-hydrogen) atoms. The third-order valence-electron chi connectivity index (χ3n) is 4.48. The number of rotatable bonds is 4. The van der Waals surface area contributed by atoms with E-state index >= 15 is 0 Å². The Morgan fingerprint density at radius 2 is 2.04 bits per heavy atom. The highest BCUT2D eigenvalue weighted by atomic mass is 127. The van der Waals surface area contributed by atoms with Gasteiger partial charge in [-0.15, -0.1) is 24.0 Å². The van der Waals surface area contributed by atoms with Gasteiger partial charge in [-0.25, -0.2) is 0 Å². The number of nitrogens with one attached hydrogen (secondary N) is 1. The van der Waals surface area contributed by atoms with Gasteiger partial charge in [0.05, 0.1) is 17.9 Å². The van der Waals surface area contributed by atoms with Crippen molar-refractivity contribution in [1.82, 2.24) is 25.3 Å². The topological polar surface area (TPSA) is 69.8 Å². The first-order valence-corrected chi connectivity index (χ1v) is 8.66. The molecule has 0 spiro atoms. The van der Waals surface area contributed by atoms with Crippen molar-refractivity contribution in [3.63, 3.8) is 0 Å². The molecule has 0 unspecified atom stereocenters. The molecule has 0 amide bonds. The van der Waals surface area contributed by atoms with Gasteiger partial charge < -0.3 is 14.7 Å². The number of piperazine rings is 1. The van der Waals surface area contributed by atoms with E-state index in [-0.39, 0.29) is 24.0 Å². The van der Waals surface area contributed by atoms with Gasteiger partial charge in [-0.2, -0.15) is 0 Å². The molecule has 8 heteroatoms. The number of halogens is 1. The maximum Gasteiger partial charge on any atom is 0.194 e. The second-order valence-corrected chi connectivity index (χ2v) is 6.36. The molecule has 1 N–H and O–H groups in total. The molecular formula is C18H27IN6O. The van der Waals surface area contributed by atoms with Crippen molar-refractivity contribution in [2.24, 2.45) is 4.99 Å². The highest BCUT2D eigenvalue weighted by molar-refractivity contribution is 14.0. The smallest absolute Gasteiger partial charge is 0.194 e. The minimum atomic E-state index is 0. The van der Waals surface area contributed by atoms with E-state index < -0.39 is 0 Å². The van der Waals surface area contributed by atoms with Crippen LogP contribution in [0, 0.1) is 13.8 Å². The van der Waals surface area contributed by atoms with Gasteiger partial charge in [0.2, 0.25) is 0 Å². The van der Waals surface area contributed by atoms with Gasteiger partial charge >= 0.3 is 0 Å². The largest absolute Gasteiger partial charge is 0.361 e. The summed E-state index contributed by atoms with van der Waals surface area (Å²) in [5.74, 6) is 1.80. The van der Waals surface area contributed by atoms with Gasteiger partial charge in [-0.05, 0) is 25.5 Å². The van der Waals surface area contributed by atoms with Crippen molar-refractivity contribution in [3.8, 4) is 0 Å². The zero-order valence-electron chi connectivity index (χ0n) is 15.6. The predicted octanol–water partition coefficient (Wildman–Crippen LogP) is 2.20. The zero-order chi connectivity index (χ0) is 17.6. The number of guanidine groups is 1. The Hall–Kier alpha value is -1.68. The summed E-state index contributed by atoms with van der Waals surface area (Å²) in [4.78, 5) is 13.5. The van der Waals surface area contributed by atoms with Crippen molar-refractivity contribution < 1.29 is 4.52 Å². The van der Waals surface area contributed by atoms with Gasteiger partial charge in [-0.3, -0.25) is 14.9 Å². The minimum absolute atomic E-state index is 0. The summed E-state index contributed by atoms with van der Waals surface area (Å²) in [5, 5.41) is 7.51. The number of pyridine rings is 1. The van der Waals surface area contributed by atoms with Gasteiger partial charge in [0.15, 0.2) is 5.96 Å². The normalized spacial score (nSPS) is 15.7. The number of hydrogen-bond donors (Lipinski definition) is 1. The predicted molar refractivity (Wildman–Crippen MR) is 113 cm³/mol. The van der Waals surface area contributed by atoms with E-state index in [0.29, 0.717) is 6.54 Å². The molecule has 1 aliphatic heterocycles. The second-order valence-electron chi connectivity index (χ2n) is 6.36. The van der Waals surface area contributed by atoms with Crippen molar-refractivity contribution in [2.45, 2.75) is 26.9 Å². The summed E-state index contributed by atoms with van der Waals surface area (Å²) in [5.41, 5.74) is 3.25. The number of aliphatic imine (C=N–C) groups is 1. The van der Waals surface area contributed by atoms with Gasteiger partial charge in [0, 0.05) is 52.0 Å². The van der Waals surface area contributed by atoms with E-state index in [2.05, 4.69) is 43.2 Å². The maximum absolute atomic E-state index is 5.14. The Morgan fingerprint density at radius 3 is 2.65 bits per heavy atom. The molecule has 2 aromatic rings. The molecule has 1 aliphatic rings. The Balaban J connectivity index is 0.00000243. The molecular weight excluding hydrogens is 443 g/mol. The molecule has 1 saturated heterocycles. The third-order valence-corrected chi connectivity index (χ3v) is 4.48. The first-order valence-electron chi connectivity index (χ1n) is 8.66. The van der Waals surface area contributed by atoms with E-state index in [4.69, 9.17) is 4.52 Å². The van der Waals surface area contributed by atoms with Gasteiger partial charge in [0.25, 0.3) is 0 Å². The number of aryl methyl sites for hydroxylation is 2. The molecule has 0 aromatic carbocycles. The molecule has 0 atom stereocenters. The first-order chi connectivity index (χ1) is 12.2. The van der Waals surface area contributed by atoms with E-state index in [1.165, 1.54) is 5.56 Å². The van der Waals surface area contributed by atoms with Crippen LogP contribution in [-0.2, 0) is 13.1 Å². The van der Waals surface area contributed by atoms with Crippen LogP contribution in [0.15, 0.2) is 33.9 Å². The molecule has 0 bridgehead atoms. The lowest BCUT2D eigenvalue weighted by atomic mass is 10.2. The van der Waals surface area contributed by atoms with E-state index in [9.17, 15) is 0 Å². The fourth-order valence-electron chi connectivity index (χ4n) is 3.04. The lowest BCUT2D eigenvalue weighted by molar-refractivity contribution is 0.169. The number of nitrogens with zero attached hydrogens (tertiary/aromatic N) is 5. The van der Waals surface area contributed by atoms with Crippen LogP contribution in [0.1, 0.15) is 22.7 Å². The molecule has 3 heterocycles. The number of hydrogen-bond acceptors (Lipinski definition) is 5. The van der Waals surface area contributed by atoms with Crippen LogP contribution in [0.25, 0.3) is 0 Å². The quantitative estimate of drug-likeness (QED) is 0.420. The second kappa shape index (κ2) is 9.86. The summed E-state index contributed by atoms with van der Waals surface area (Å²) >= 11 is 0. The van der Waals surface area contributed by atoms with E-state index in [1.54, 1.807) is 0 Å². The molecule has 0 aliphatic carbocycles. The molecule has 2 aromatic heterocycles. The Bertz CT molecular complexity index is 724. The van der Waals surface area contributed by atoms with Crippen molar-refractivity contribution in [1.29, 1.82) is 0 Å². The van der Waals surface area contributed by atoms with Crippen LogP contribution < -0.4 is 5.32 Å². The van der Waals surface area contributed by atoms with Crippen LogP contribution in [0.5, 0.6) is 0 Å². The van der Waals surface area contributed by atoms with Crippen LogP contribution in [0.3, 0.4) is 0 Å². The molecule has 142 valence electrons. The average Bonchev–Trinajstić information content (AvgIpc) is 3.03. The molecule has 0 saturated carbocycles. The number of aromatic nitrogens is 2. The monoisotopic (exact) mass is 470 g/mol. The summed E-state index contributed by atoms with van der Waals surface area (Å²) in [7, 11) is 1.83. The van der Waals surface area contributed by atoms with Gasteiger partial charge in [0.1, 0.15) is 5.76 Å². The van der Waals surface area contributed by atoms with Gasteiger partial charge in [-0.1, -0.05) is 11.2 Å². The standard InChI is InChI=1S/C18H26N6O.HI/c1-14-5-4-6-20-17(14)12-21-18(19-3)24-9-7-23(8-10-24)13-16-11-15(2)25-22-16;/h4-6,11H,7-10,12-13H2,1-3H3,(H,19,21);1H. The van der Waals surface area contributed by atoms with E-state index in [1.807, 2.05) is 32.3 Å². The fourth-order valence-corrected chi connectivity index (χ4v) is 3.04. The summed E-state index contributed by atoms with van der Waals surface area (Å²) in [6, 6.07) is 6.04. The Labute approximate surface area is 171 Å². The Kier molecular flexibility index (Phi) is 7.83. The summed E-state index contributed by atoms with van der Waals surface area (Å²) < 4.78 is 5.14. The fraction of sp³-hybridized carbons (Fsp3) is 0.500. The van der Waals surface area contributed by atoms with Crippen molar-refractivity contribution in [3.05, 3.63) is 47.1 Å². The highest BCUT2D eigenvalue weighted by Crippen LogP contribution is 2.09. The zero-order valence-corrected chi connectivity index (χ0v) is 17.9. The average molecular weight is 470 g/mol. The van der Waals surface area contributed by atoms with Crippen LogP contribution in [-0.4, -0.2) is 59.1 Å². The summed E-state index contributed by atoms with van der Waals surface area (Å²) in [6.45, 7) is 9.38. The summed E-state index contributed by atoms with van der Waals surface area (Å²) in [6.07, 6.45) is 1.83. The van der Waals surface area contributed by atoms with Crippen molar-refractivity contribution >= 4 is 29.9 Å². The SMILES string of the molecule is CN=C(NCc1ncccc1C)N1CCN(Cc2cc(C)on2)CC1.I. The molecule has 3 rings (SSSR count). The van der Waals surface area contributed by atoms with Crippen LogP contribution in [0.4, 0.5) is 0 Å². The molecule has 0 radical (unpaired) electrons. The maximum atomic E-state index is 5.14. The highest BCUT2D eigenvalue weighted by Gasteiger charge is 2.20. The van der Waals surface area contributed by atoms with Crippen LogP contribution >= 0.6 is 24.0 Å². The minimum Gasteiger partial charge on any atom is -0.361 e. The lowest BCUT2D eigenvalue weighted by Gasteiger charge is -2.36. The van der Waals surface area contributed by atoms with Crippen molar-refractivity contribution in [2.75, 3.05) is 33.2 Å². The first kappa shape index (κ1) is 20.6. The molecule has 7 nitrogen and oxygen atoms in total. The molecule has 1 fully saturated rings. The Morgan fingerprint density at radius 1 is 1.27 bits per heavy atom. The van der Waals surface area contributed by atoms with E-state index in [0.717, 1.165) is 55.8 Å². The third kappa shape index (κ3) is 5.41. The lowest BCUT2D eigenvalue weighted by Crippen LogP contribution is -2.52. The van der Waals surface area contributed by atoms with Crippen LogP contribution in [0.2, 0.25) is 0 Å².